The lowest BCUT2D eigenvalue weighted by atomic mass is 10.1. The van der Waals surface area contributed by atoms with Crippen LogP contribution in [0.1, 0.15) is 11.1 Å². The van der Waals surface area contributed by atoms with Gasteiger partial charge in [-0.25, -0.2) is 0 Å². The molecule has 1 N–H and O–H groups in total. The van der Waals surface area contributed by atoms with Crippen LogP contribution in [0, 0.1) is 13.8 Å². The maximum Gasteiger partial charge on any atom is 0.339 e. The Morgan fingerprint density at radius 1 is 0.842 bits per heavy atom. The lowest BCUT2D eigenvalue weighted by molar-refractivity contribution is -0.716. The molecule has 0 aliphatic rings. The first-order valence-corrected chi connectivity index (χ1v) is 6.21. The first-order valence-electron chi connectivity index (χ1n) is 6.21. The lowest BCUT2D eigenvalue weighted by Gasteiger charge is -1.93. The third-order valence-electron chi connectivity index (χ3n) is 3.03. The fraction of sp³-hybridized carbons (Fsp3) is 0.133. The Bertz CT molecular complexity index is 621. The van der Waals surface area contributed by atoms with Gasteiger partial charge in [0.2, 0.25) is 0 Å². The molecule has 94 valence electrons. The molecule has 3 aromatic rings. The van der Waals surface area contributed by atoms with Crippen molar-refractivity contribution in [2.45, 2.75) is 13.8 Å². The van der Waals surface area contributed by atoms with Gasteiger partial charge >= 0.3 is 5.82 Å². The highest BCUT2D eigenvalue weighted by Gasteiger charge is 2.14. The molecule has 0 fully saturated rings. The maximum absolute atomic E-state index is 4.46. The molecule has 1 aromatic heterocycles. The first kappa shape index (κ1) is 11.6. The number of tetrazole rings is 1. The third kappa shape index (κ3) is 2.38. The van der Waals surface area contributed by atoms with Crippen molar-refractivity contribution in [1.82, 2.24) is 15.4 Å². The normalized spacial score (nSPS) is 10.6. The van der Waals surface area contributed by atoms with Gasteiger partial charge in [0.05, 0.1) is 10.7 Å². The van der Waals surface area contributed by atoms with E-state index in [0.29, 0.717) is 5.82 Å². The summed E-state index contributed by atoms with van der Waals surface area (Å²) in [7, 11) is 0. The topological polar surface area (TPSA) is 45.5 Å². The summed E-state index contributed by atoms with van der Waals surface area (Å²) in [5.74, 6) is 0.695. The Balaban J connectivity index is 1.95. The van der Waals surface area contributed by atoms with Crippen LogP contribution in [0.4, 0.5) is 0 Å². The zero-order valence-electron chi connectivity index (χ0n) is 11.0. The van der Waals surface area contributed by atoms with Crippen LogP contribution in [-0.4, -0.2) is 15.4 Å². The molecule has 0 atom stereocenters. The molecule has 0 radical (unpaired) electrons. The molecule has 0 amide bonds. The van der Waals surface area contributed by atoms with E-state index in [1.807, 2.05) is 24.3 Å². The van der Waals surface area contributed by atoms with Gasteiger partial charge in [-0.05, 0) is 53.2 Å². The summed E-state index contributed by atoms with van der Waals surface area (Å²) in [4.78, 5) is 1.68. The molecule has 3 rings (SSSR count). The van der Waals surface area contributed by atoms with Crippen LogP contribution in [0.3, 0.4) is 0 Å². The average Bonchev–Trinajstić information content (AvgIpc) is 2.90. The van der Waals surface area contributed by atoms with Crippen LogP contribution in [0.2, 0.25) is 0 Å². The van der Waals surface area contributed by atoms with E-state index in [9.17, 15) is 0 Å². The number of H-pyrrole nitrogens is 1. The number of aromatic amines is 1. The summed E-state index contributed by atoms with van der Waals surface area (Å²) in [6, 6.07) is 16.3. The van der Waals surface area contributed by atoms with Crippen LogP contribution in [0.15, 0.2) is 48.5 Å². The summed E-state index contributed by atoms with van der Waals surface area (Å²) >= 11 is 0. The molecule has 0 spiro atoms. The molecule has 4 nitrogen and oxygen atoms in total. The largest absolute Gasteiger partial charge is 0.339 e. The average molecular weight is 251 g/mol. The van der Waals surface area contributed by atoms with Gasteiger partial charge in [0.15, 0.2) is 5.69 Å². The Hall–Kier alpha value is -2.49. The van der Waals surface area contributed by atoms with Gasteiger partial charge in [-0.15, -0.1) is 0 Å². The van der Waals surface area contributed by atoms with Crippen molar-refractivity contribution in [3.05, 3.63) is 59.7 Å². The van der Waals surface area contributed by atoms with Crippen molar-refractivity contribution >= 4 is 0 Å². The number of aromatic nitrogens is 4. The number of nitrogens with one attached hydrogen (secondary N) is 1. The second kappa shape index (κ2) is 4.65. The van der Waals surface area contributed by atoms with Gasteiger partial charge in [-0.3, -0.25) is 0 Å². The van der Waals surface area contributed by atoms with Crippen LogP contribution in [0.25, 0.3) is 17.1 Å². The number of hydrogen-bond donors (Lipinski definition) is 1. The molecule has 4 heteroatoms. The molecular weight excluding hydrogens is 236 g/mol. The minimum atomic E-state index is 0.695. The highest BCUT2D eigenvalue weighted by molar-refractivity contribution is 5.53. The number of aryl methyl sites for hydroxylation is 2. The summed E-state index contributed by atoms with van der Waals surface area (Å²) in [5.41, 5.74) is 4.43. The molecule has 0 saturated heterocycles. The van der Waals surface area contributed by atoms with Crippen molar-refractivity contribution in [1.29, 1.82) is 0 Å². The zero-order valence-corrected chi connectivity index (χ0v) is 11.0. The predicted molar refractivity (Wildman–Crippen MR) is 72.8 cm³/mol. The second-order valence-electron chi connectivity index (χ2n) is 4.65. The Morgan fingerprint density at radius 3 is 2.05 bits per heavy atom. The molecule has 2 aromatic carbocycles. The van der Waals surface area contributed by atoms with Crippen LogP contribution in [-0.2, 0) is 0 Å². The van der Waals surface area contributed by atoms with E-state index in [1.165, 1.54) is 11.1 Å². The minimum absolute atomic E-state index is 0.695. The van der Waals surface area contributed by atoms with Crippen molar-refractivity contribution in [2.24, 2.45) is 0 Å². The molecule has 0 saturated carbocycles. The fourth-order valence-electron chi connectivity index (χ4n) is 1.86. The maximum atomic E-state index is 4.46. The zero-order chi connectivity index (χ0) is 13.2. The van der Waals surface area contributed by atoms with Crippen molar-refractivity contribution in [3.8, 4) is 17.1 Å². The van der Waals surface area contributed by atoms with Crippen LogP contribution >= 0.6 is 0 Å². The number of nitrogens with zero attached hydrogens (tertiary/aromatic N) is 3. The summed E-state index contributed by atoms with van der Waals surface area (Å²) in [6.07, 6.45) is 0. The van der Waals surface area contributed by atoms with Gasteiger partial charge in [0, 0.05) is 0 Å². The quantitative estimate of drug-likeness (QED) is 0.711. The smallest absolute Gasteiger partial charge is 0.0585 e. The van der Waals surface area contributed by atoms with E-state index in [0.717, 1.165) is 11.3 Å². The standard InChI is InChI=1S/C15H14N4/c1-11-3-7-13(8-4-11)15-16-18-19(17-15)14-9-5-12(2)6-10-14/h3-10H,1-2H3/p+1. The van der Waals surface area contributed by atoms with Crippen molar-refractivity contribution in [2.75, 3.05) is 0 Å². The van der Waals surface area contributed by atoms with E-state index < -0.39 is 0 Å². The van der Waals surface area contributed by atoms with Gasteiger partial charge in [0.1, 0.15) is 0 Å². The van der Waals surface area contributed by atoms with E-state index >= 15 is 0 Å². The van der Waals surface area contributed by atoms with Crippen LogP contribution < -0.4 is 4.80 Å². The minimum Gasteiger partial charge on any atom is -0.0585 e. The monoisotopic (exact) mass is 251 g/mol. The SMILES string of the molecule is Cc1ccc(-c2n[nH][n+](-c3ccc(C)cc3)n2)cc1. The Morgan fingerprint density at radius 2 is 1.42 bits per heavy atom. The highest BCUT2D eigenvalue weighted by atomic mass is 15.6. The Kier molecular flexibility index (Phi) is 2.83. The summed E-state index contributed by atoms with van der Waals surface area (Å²) in [5, 5.41) is 11.6. The van der Waals surface area contributed by atoms with Gasteiger partial charge in [-0.2, -0.15) is 0 Å². The summed E-state index contributed by atoms with van der Waals surface area (Å²) < 4.78 is 0. The fourth-order valence-corrected chi connectivity index (χ4v) is 1.86. The molecule has 0 unspecified atom stereocenters. The molecule has 1 heterocycles. The Labute approximate surface area is 111 Å². The number of benzene rings is 2. The molecule has 0 aliphatic carbocycles. The van der Waals surface area contributed by atoms with Gasteiger partial charge in [-0.1, -0.05) is 35.4 Å². The molecule has 0 aliphatic heterocycles. The van der Waals surface area contributed by atoms with Crippen molar-refractivity contribution in [3.63, 3.8) is 0 Å². The molecule has 0 bridgehead atoms. The van der Waals surface area contributed by atoms with E-state index in [2.05, 4.69) is 53.5 Å². The first-order chi connectivity index (χ1) is 9.22. The van der Waals surface area contributed by atoms with Crippen LogP contribution in [0.5, 0.6) is 0 Å². The number of rotatable bonds is 2. The second-order valence-corrected chi connectivity index (χ2v) is 4.65. The molecular formula is C15H15N4+. The lowest BCUT2D eigenvalue weighted by Crippen LogP contribution is -2.36. The number of hydrogen-bond acceptors (Lipinski definition) is 2. The predicted octanol–water partition coefficient (Wildman–Crippen LogP) is 2.37. The van der Waals surface area contributed by atoms with E-state index in [1.54, 1.807) is 4.80 Å². The third-order valence-corrected chi connectivity index (χ3v) is 3.03. The molecule has 19 heavy (non-hydrogen) atoms. The van der Waals surface area contributed by atoms with Gasteiger partial charge in [0.25, 0.3) is 0 Å². The van der Waals surface area contributed by atoms with Gasteiger partial charge < -0.3 is 0 Å². The van der Waals surface area contributed by atoms with E-state index in [4.69, 9.17) is 0 Å². The summed E-state index contributed by atoms with van der Waals surface area (Å²) in [6.45, 7) is 4.13. The highest BCUT2D eigenvalue weighted by Crippen LogP contribution is 2.13. The van der Waals surface area contributed by atoms with E-state index in [-0.39, 0.29) is 0 Å². The van der Waals surface area contributed by atoms with Crippen molar-refractivity contribution < 1.29 is 4.80 Å².